The Morgan fingerprint density at radius 3 is 3.06 bits per heavy atom. The Balaban J connectivity index is 1.83. The molecule has 98 valence electrons. The maximum atomic E-state index is 12.9. The molecule has 18 heavy (non-hydrogen) atoms. The maximum Gasteiger partial charge on any atom is 0.251 e. The van der Waals surface area contributed by atoms with Gasteiger partial charge in [-0.1, -0.05) is 0 Å². The third-order valence-electron chi connectivity index (χ3n) is 3.30. The summed E-state index contributed by atoms with van der Waals surface area (Å²) in [5.41, 5.74) is 1.20. The van der Waals surface area contributed by atoms with Crippen LogP contribution in [0, 0.1) is 18.7 Å². The molecule has 3 nitrogen and oxygen atoms in total. The number of carbonyl (C=O) groups excluding carboxylic acids is 1. The van der Waals surface area contributed by atoms with Gasteiger partial charge in [0.15, 0.2) is 0 Å². The third kappa shape index (κ3) is 3.29. The van der Waals surface area contributed by atoms with E-state index < -0.39 is 0 Å². The molecule has 2 rings (SSSR count). The Hall–Kier alpha value is -1.42. The predicted octanol–water partition coefficient (Wildman–Crippen LogP) is 2.29. The maximum absolute atomic E-state index is 12.9. The van der Waals surface area contributed by atoms with E-state index in [1.807, 2.05) is 0 Å². The number of amides is 1. The second-order valence-electron chi connectivity index (χ2n) is 4.73. The van der Waals surface area contributed by atoms with E-state index in [1.54, 1.807) is 6.92 Å². The van der Waals surface area contributed by atoms with E-state index in [9.17, 15) is 9.18 Å². The van der Waals surface area contributed by atoms with Crippen LogP contribution in [0.5, 0.6) is 0 Å². The van der Waals surface area contributed by atoms with Crippen molar-refractivity contribution in [3.8, 4) is 0 Å². The minimum atomic E-state index is -0.313. The molecule has 1 unspecified atom stereocenters. The van der Waals surface area contributed by atoms with Crippen LogP contribution in [0.4, 0.5) is 4.39 Å². The van der Waals surface area contributed by atoms with Gasteiger partial charge >= 0.3 is 0 Å². The van der Waals surface area contributed by atoms with Gasteiger partial charge in [0.2, 0.25) is 0 Å². The fraction of sp³-hybridized carbons (Fsp3) is 0.500. The molecule has 1 fully saturated rings. The van der Waals surface area contributed by atoms with Crippen molar-refractivity contribution in [3.05, 3.63) is 35.1 Å². The van der Waals surface area contributed by atoms with Gasteiger partial charge in [-0.15, -0.1) is 0 Å². The van der Waals surface area contributed by atoms with Gasteiger partial charge in [0, 0.05) is 25.3 Å². The second-order valence-corrected chi connectivity index (χ2v) is 4.73. The molecular formula is C14H18FNO2. The van der Waals surface area contributed by atoms with Crippen molar-refractivity contribution in [3.63, 3.8) is 0 Å². The standard InChI is InChI=1S/C14H18FNO2/c1-10-8-12(15)2-3-13(10)14(17)16-6-4-11-5-7-18-9-11/h2-3,8,11H,4-7,9H2,1H3,(H,16,17). The highest BCUT2D eigenvalue weighted by Crippen LogP contribution is 2.15. The number of rotatable bonds is 4. The average molecular weight is 251 g/mol. The SMILES string of the molecule is Cc1cc(F)ccc1C(=O)NCCC1CCOC1. The molecule has 1 aromatic rings. The van der Waals surface area contributed by atoms with Crippen LogP contribution in [0.3, 0.4) is 0 Å². The fourth-order valence-electron chi connectivity index (χ4n) is 2.18. The van der Waals surface area contributed by atoms with Crippen molar-refractivity contribution >= 4 is 5.91 Å². The Morgan fingerprint density at radius 2 is 2.39 bits per heavy atom. The summed E-state index contributed by atoms with van der Waals surface area (Å²) < 4.78 is 18.2. The summed E-state index contributed by atoms with van der Waals surface area (Å²) in [5.74, 6) is 0.109. The topological polar surface area (TPSA) is 38.3 Å². The van der Waals surface area contributed by atoms with E-state index >= 15 is 0 Å². The van der Waals surface area contributed by atoms with Crippen molar-refractivity contribution in [1.82, 2.24) is 5.32 Å². The molecule has 0 aromatic heterocycles. The van der Waals surface area contributed by atoms with Gasteiger partial charge in [0.1, 0.15) is 5.82 Å². The number of benzene rings is 1. The van der Waals surface area contributed by atoms with E-state index in [0.717, 1.165) is 26.1 Å². The van der Waals surface area contributed by atoms with Crippen LogP contribution in [0.15, 0.2) is 18.2 Å². The van der Waals surface area contributed by atoms with Gasteiger partial charge in [0.25, 0.3) is 5.91 Å². The first-order valence-electron chi connectivity index (χ1n) is 6.29. The van der Waals surface area contributed by atoms with Crippen LogP contribution in [0.2, 0.25) is 0 Å². The summed E-state index contributed by atoms with van der Waals surface area (Å²) >= 11 is 0. The number of carbonyl (C=O) groups is 1. The summed E-state index contributed by atoms with van der Waals surface area (Å²) in [6, 6.07) is 4.21. The molecular weight excluding hydrogens is 233 g/mol. The fourth-order valence-corrected chi connectivity index (χ4v) is 2.18. The molecule has 1 aliphatic heterocycles. The predicted molar refractivity (Wildman–Crippen MR) is 67.0 cm³/mol. The lowest BCUT2D eigenvalue weighted by atomic mass is 10.0. The zero-order chi connectivity index (χ0) is 13.0. The van der Waals surface area contributed by atoms with E-state index in [2.05, 4.69) is 5.32 Å². The first-order valence-corrected chi connectivity index (χ1v) is 6.29. The van der Waals surface area contributed by atoms with E-state index in [4.69, 9.17) is 4.74 Å². The van der Waals surface area contributed by atoms with E-state index in [1.165, 1.54) is 18.2 Å². The van der Waals surface area contributed by atoms with E-state index in [-0.39, 0.29) is 11.7 Å². The molecule has 1 N–H and O–H groups in total. The monoisotopic (exact) mass is 251 g/mol. The molecule has 0 aliphatic carbocycles. The largest absolute Gasteiger partial charge is 0.381 e. The summed E-state index contributed by atoms with van der Waals surface area (Å²) in [5, 5.41) is 2.87. The lowest BCUT2D eigenvalue weighted by molar-refractivity contribution is 0.0950. The number of nitrogens with one attached hydrogen (secondary N) is 1. The van der Waals surface area contributed by atoms with Crippen molar-refractivity contribution in [1.29, 1.82) is 0 Å². The molecule has 0 bridgehead atoms. The average Bonchev–Trinajstić information content (AvgIpc) is 2.81. The third-order valence-corrected chi connectivity index (χ3v) is 3.30. The lowest BCUT2D eigenvalue weighted by Crippen LogP contribution is -2.26. The van der Waals surface area contributed by atoms with E-state index in [0.29, 0.717) is 23.6 Å². The number of aryl methyl sites for hydroxylation is 1. The minimum absolute atomic E-state index is 0.133. The van der Waals surface area contributed by atoms with Crippen LogP contribution < -0.4 is 5.32 Å². The van der Waals surface area contributed by atoms with Crippen molar-refractivity contribution in [2.45, 2.75) is 19.8 Å². The zero-order valence-electron chi connectivity index (χ0n) is 10.5. The Bertz CT molecular complexity index is 428. The quantitative estimate of drug-likeness (QED) is 0.891. The highest BCUT2D eigenvalue weighted by molar-refractivity contribution is 5.95. The van der Waals surface area contributed by atoms with Gasteiger partial charge < -0.3 is 10.1 Å². The Labute approximate surface area is 106 Å². The zero-order valence-corrected chi connectivity index (χ0v) is 10.5. The van der Waals surface area contributed by atoms with Gasteiger partial charge in [-0.2, -0.15) is 0 Å². The van der Waals surface area contributed by atoms with Gasteiger partial charge in [-0.3, -0.25) is 4.79 Å². The van der Waals surface area contributed by atoms with Gasteiger partial charge in [0.05, 0.1) is 0 Å². The molecule has 0 saturated carbocycles. The van der Waals surface area contributed by atoms with Crippen molar-refractivity contribution in [2.24, 2.45) is 5.92 Å². The first-order chi connectivity index (χ1) is 8.66. The Kier molecular flexibility index (Phi) is 4.31. The van der Waals surface area contributed by atoms with Crippen LogP contribution >= 0.6 is 0 Å². The summed E-state index contributed by atoms with van der Waals surface area (Å²) in [4.78, 5) is 11.9. The molecule has 0 spiro atoms. The number of hydrogen-bond acceptors (Lipinski definition) is 2. The molecule has 1 heterocycles. The molecule has 1 amide bonds. The summed E-state index contributed by atoms with van der Waals surface area (Å²) in [6.07, 6.45) is 2.01. The summed E-state index contributed by atoms with van der Waals surface area (Å²) in [7, 11) is 0. The first kappa shape index (κ1) is 13.0. The number of hydrogen-bond donors (Lipinski definition) is 1. The molecule has 1 atom stereocenters. The number of ether oxygens (including phenoxy) is 1. The minimum Gasteiger partial charge on any atom is -0.381 e. The summed E-state index contributed by atoms with van der Waals surface area (Å²) in [6.45, 7) is 4.01. The molecule has 1 saturated heterocycles. The molecule has 0 radical (unpaired) electrons. The highest BCUT2D eigenvalue weighted by Gasteiger charge is 2.16. The van der Waals surface area contributed by atoms with Crippen molar-refractivity contribution in [2.75, 3.05) is 19.8 Å². The second kappa shape index (κ2) is 5.96. The Morgan fingerprint density at radius 1 is 1.56 bits per heavy atom. The normalized spacial score (nSPS) is 18.9. The van der Waals surface area contributed by atoms with Crippen LogP contribution in [-0.2, 0) is 4.74 Å². The number of halogens is 1. The smallest absolute Gasteiger partial charge is 0.251 e. The molecule has 1 aliphatic rings. The van der Waals surface area contributed by atoms with Crippen molar-refractivity contribution < 1.29 is 13.9 Å². The van der Waals surface area contributed by atoms with Crippen LogP contribution in [0.25, 0.3) is 0 Å². The van der Waals surface area contributed by atoms with Gasteiger partial charge in [-0.05, 0) is 49.4 Å². The highest BCUT2D eigenvalue weighted by atomic mass is 19.1. The molecule has 1 aromatic carbocycles. The molecule has 4 heteroatoms. The van der Waals surface area contributed by atoms with Crippen LogP contribution in [-0.4, -0.2) is 25.7 Å². The van der Waals surface area contributed by atoms with Gasteiger partial charge in [-0.25, -0.2) is 4.39 Å². The lowest BCUT2D eigenvalue weighted by Gasteiger charge is -2.10. The van der Waals surface area contributed by atoms with Crippen LogP contribution in [0.1, 0.15) is 28.8 Å².